The molecule has 8 nitrogen and oxygen atoms in total. The highest BCUT2D eigenvalue weighted by atomic mass is 19.2. The number of ether oxygens (including phenoxy) is 1. The minimum Gasteiger partial charge on any atom is -0.481 e. The van der Waals surface area contributed by atoms with E-state index < -0.39 is 29.8 Å². The fourth-order valence-electron chi connectivity index (χ4n) is 4.96. The van der Waals surface area contributed by atoms with Crippen molar-refractivity contribution in [1.29, 1.82) is 0 Å². The Kier molecular flexibility index (Phi) is 6.62. The molecule has 1 saturated carbocycles. The Morgan fingerprint density at radius 3 is 2.63 bits per heavy atom. The van der Waals surface area contributed by atoms with Crippen molar-refractivity contribution in [3.8, 4) is 11.5 Å². The van der Waals surface area contributed by atoms with Crippen molar-refractivity contribution in [1.82, 2.24) is 14.9 Å². The summed E-state index contributed by atoms with van der Waals surface area (Å²) in [5.41, 5.74) is 2.49. The number of aliphatic carboxylic acids is 1. The minimum atomic E-state index is -2.53. The lowest BCUT2D eigenvalue weighted by Crippen LogP contribution is -2.54. The van der Waals surface area contributed by atoms with Crippen molar-refractivity contribution in [2.24, 2.45) is 5.92 Å². The fourth-order valence-corrected chi connectivity index (χ4v) is 4.96. The molecule has 1 aromatic carbocycles. The van der Waals surface area contributed by atoms with Crippen molar-refractivity contribution in [3.05, 3.63) is 48.3 Å². The van der Waals surface area contributed by atoms with Gasteiger partial charge in [0.15, 0.2) is 5.58 Å². The summed E-state index contributed by atoms with van der Waals surface area (Å²) in [7, 11) is 0. The number of rotatable bonds is 8. The van der Waals surface area contributed by atoms with Crippen LogP contribution in [0.15, 0.2) is 47.1 Å². The zero-order valence-corrected chi connectivity index (χ0v) is 19.4. The summed E-state index contributed by atoms with van der Waals surface area (Å²) in [6.45, 7) is 0.893. The molecule has 2 aliphatic rings. The molecule has 1 atom stereocenters. The largest absolute Gasteiger partial charge is 0.481 e. The van der Waals surface area contributed by atoms with Crippen LogP contribution in [0.2, 0.25) is 0 Å². The molecule has 3 heterocycles. The minimum absolute atomic E-state index is 0.156. The van der Waals surface area contributed by atoms with Gasteiger partial charge in [-0.15, -0.1) is 0 Å². The van der Waals surface area contributed by atoms with E-state index in [1.54, 1.807) is 36.7 Å². The van der Waals surface area contributed by atoms with Gasteiger partial charge in [0, 0.05) is 31.9 Å². The lowest BCUT2D eigenvalue weighted by Gasteiger charge is -2.37. The lowest BCUT2D eigenvalue weighted by atomic mass is 9.87. The number of oxazole rings is 1. The average Bonchev–Trinajstić information content (AvgIpc) is 3.55. The topological polar surface area (TPSA) is 106 Å². The van der Waals surface area contributed by atoms with E-state index in [4.69, 9.17) is 9.15 Å². The molecule has 0 radical (unpaired) electrons. The van der Waals surface area contributed by atoms with Crippen LogP contribution in [0.25, 0.3) is 22.6 Å². The number of Topliss-reactive ketones (excluding diaryl/α,β-unsaturated/α-hetero) is 1. The predicted octanol–water partition coefficient (Wildman–Crippen LogP) is 4.38. The van der Waals surface area contributed by atoms with Crippen molar-refractivity contribution < 1.29 is 28.2 Å². The summed E-state index contributed by atoms with van der Waals surface area (Å²) in [6.07, 6.45) is 5.97. The third-order valence-electron chi connectivity index (χ3n) is 6.93. The zero-order valence-electron chi connectivity index (χ0n) is 19.4. The first-order chi connectivity index (χ1) is 16.9. The number of aromatic nitrogens is 2. The van der Waals surface area contributed by atoms with E-state index in [9.17, 15) is 14.7 Å². The van der Waals surface area contributed by atoms with Gasteiger partial charge in [-0.2, -0.15) is 4.39 Å². The third-order valence-corrected chi connectivity index (χ3v) is 6.93. The molecule has 0 bridgehead atoms. The van der Waals surface area contributed by atoms with Crippen molar-refractivity contribution in [2.45, 2.75) is 57.0 Å². The normalized spacial score (nSPS) is 22.8. The van der Waals surface area contributed by atoms with Gasteiger partial charge in [0.1, 0.15) is 5.52 Å². The maximum absolute atomic E-state index is 16.4. The van der Waals surface area contributed by atoms with Gasteiger partial charge in [-0.05, 0) is 68.4 Å². The predicted molar refractivity (Wildman–Crippen MR) is 125 cm³/mol. The number of alkyl halides is 1. The molecule has 0 amide bonds. The molecular weight excluding hydrogens is 453 g/mol. The van der Waals surface area contributed by atoms with Crippen LogP contribution in [0.4, 0.5) is 4.39 Å². The van der Waals surface area contributed by atoms with E-state index in [0.717, 1.165) is 18.4 Å². The second-order valence-electron chi connectivity index (χ2n) is 9.35. The highest BCUT2D eigenvalue weighted by molar-refractivity contribution is 5.88. The van der Waals surface area contributed by atoms with Crippen molar-refractivity contribution in [2.75, 3.05) is 13.1 Å². The number of carbonyl (C=O) groups is 2. The number of hydrogen-bond donors (Lipinski definition) is 1. The van der Waals surface area contributed by atoms with Crippen LogP contribution in [-0.2, 0) is 20.7 Å². The fraction of sp³-hybridized carbons (Fsp3) is 0.462. The van der Waals surface area contributed by atoms with Crippen LogP contribution in [0, 0.1) is 5.92 Å². The molecular formula is C26H28FN3O5. The smallest absolute Gasteiger partial charge is 0.330 e. The number of pyridine rings is 1. The summed E-state index contributed by atoms with van der Waals surface area (Å²) >= 11 is 0. The maximum atomic E-state index is 16.4. The average molecular weight is 482 g/mol. The van der Waals surface area contributed by atoms with Crippen molar-refractivity contribution >= 4 is 22.9 Å². The Balaban J connectivity index is 1.33. The Bertz CT molecular complexity index is 1200. The van der Waals surface area contributed by atoms with Gasteiger partial charge in [0.25, 0.3) is 0 Å². The molecule has 9 heteroatoms. The molecule has 1 aliphatic heterocycles. The lowest BCUT2D eigenvalue weighted by molar-refractivity contribution is -0.252. The molecule has 2 aromatic heterocycles. The molecule has 35 heavy (non-hydrogen) atoms. The summed E-state index contributed by atoms with van der Waals surface area (Å²) < 4.78 is 28.1. The van der Waals surface area contributed by atoms with Gasteiger partial charge in [0.2, 0.25) is 11.7 Å². The molecule has 1 unspecified atom stereocenters. The SMILES string of the molecule is O=C(O)C1CCC(OC(F)(C(=O)Cc2ccc3nc(-c4cccnc4)oc3c2)N2CCCC2)CC1. The number of benzene rings is 1. The second kappa shape index (κ2) is 9.83. The number of likely N-dealkylation sites (tertiary alicyclic amines) is 1. The number of nitrogens with zero attached hydrogens (tertiary/aromatic N) is 3. The monoisotopic (exact) mass is 481 g/mol. The molecule has 1 aliphatic carbocycles. The highest BCUT2D eigenvalue weighted by Gasteiger charge is 2.48. The maximum Gasteiger partial charge on any atom is 0.330 e. The number of carbonyl (C=O) groups excluding carboxylic acids is 1. The van der Waals surface area contributed by atoms with E-state index in [2.05, 4.69) is 9.97 Å². The van der Waals surface area contributed by atoms with Gasteiger partial charge in [-0.3, -0.25) is 14.6 Å². The number of carboxylic acid groups (broad SMARTS) is 1. The quantitative estimate of drug-likeness (QED) is 0.473. The van der Waals surface area contributed by atoms with Crippen molar-refractivity contribution in [3.63, 3.8) is 0 Å². The van der Waals surface area contributed by atoms with E-state index in [-0.39, 0.29) is 6.42 Å². The van der Waals surface area contributed by atoms with Crippen LogP contribution in [-0.4, -0.2) is 56.9 Å². The van der Waals surface area contributed by atoms with Crippen LogP contribution < -0.4 is 0 Å². The van der Waals surface area contributed by atoms with Gasteiger partial charge >= 0.3 is 11.9 Å². The summed E-state index contributed by atoms with van der Waals surface area (Å²) in [6, 6.07) is 8.85. The third kappa shape index (κ3) is 4.97. The zero-order chi connectivity index (χ0) is 24.4. The number of hydrogen-bond acceptors (Lipinski definition) is 7. The van der Waals surface area contributed by atoms with Gasteiger partial charge in [0.05, 0.1) is 17.6 Å². The van der Waals surface area contributed by atoms with E-state index in [0.29, 0.717) is 61.3 Å². The molecule has 2 fully saturated rings. The number of halogens is 1. The Morgan fingerprint density at radius 2 is 1.94 bits per heavy atom. The molecule has 1 saturated heterocycles. The summed E-state index contributed by atoms with van der Waals surface area (Å²) in [4.78, 5) is 34.6. The molecule has 5 rings (SSSR count). The highest BCUT2D eigenvalue weighted by Crippen LogP contribution is 2.34. The Hall–Kier alpha value is -3.17. The first kappa shape index (κ1) is 23.6. The van der Waals surface area contributed by atoms with Crippen LogP contribution in [0.5, 0.6) is 0 Å². The van der Waals surface area contributed by atoms with E-state index >= 15 is 4.39 Å². The molecule has 3 aromatic rings. The molecule has 0 spiro atoms. The summed E-state index contributed by atoms with van der Waals surface area (Å²) in [5.74, 6) is -4.04. The molecule has 1 N–H and O–H groups in total. The number of fused-ring (bicyclic) bond motifs is 1. The van der Waals surface area contributed by atoms with Gasteiger partial charge < -0.3 is 14.3 Å². The van der Waals surface area contributed by atoms with Gasteiger partial charge in [-0.1, -0.05) is 6.07 Å². The van der Waals surface area contributed by atoms with Gasteiger partial charge in [-0.25, -0.2) is 9.88 Å². The summed E-state index contributed by atoms with van der Waals surface area (Å²) in [5, 5.41) is 9.23. The number of carboxylic acids is 1. The van der Waals surface area contributed by atoms with Crippen LogP contribution >= 0.6 is 0 Å². The standard InChI is InChI=1S/C26H28FN3O5/c27-26(30-12-1-2-13-30,35-20-8-6-18(7-9-20)25(32)33)23(31)15-17-5-10-21-22(14-17)34-24(29-21)19-4-3-11-28-16-19/h3-5,10-11,14,16,18,20H,1-2,6-9,12-13,15H2,(H,32,33). The molecule has 184 valence electrons. The Morgan fingerprint density at radius 1 is 1.17 bits per heavy atom. The van der Waals surface area contributed by atoms with E-state index in [1.807, 2.05) is 6.07 Å². The Labute approximate surface area is 202 Å². The van der Waals surface area contributed by atoms with Crippen LogP contribution in [0.1, 0.15) is 44.1 Å². The second-order valence-corrected chi connectivity index (χ2v) is 9.35. The van der Waals surface area contributed by atoms with Crippen LogP contribution in [0.3, 0.4) is 0 Å². The van der Waals surface area contributed by atoms with E-state index in [1.165, 1.54) is 4.90 Å². The number of ketones is 1. The first-order valence-corrected chi connectivity index (χ1v) is 12.1. The first-order valence-electron chi connectivity index (χ1n) is 12.1.